The zero-order valence-corrected chi connectivity index (χ0v) is 12.9. The van der Waals surface area contributed by atoms with Crippen LogP contribution in [-0.4, -0.2) is 31.3 Å². The number of hydrogen-bond donors (Lipinski definition) is 1. The average molecular weight is 293 g/mol. The van der Waals surface area contributed by atoms with Crippen LogP contribution in [0.3, 0.4) is 0 Å². The first-order chi connectivity index (χ1) is 9.88. The molecule has 1 aromatic rings. The van der Waals surface area contributed by atoms with E-state index in [9.17, 15) is 0 Å². The summed E-state index contributed by atoms with van der Waals surface area (Å²) in [5, 5.41) is 3.54. The van der Waals surface area contributed by atoms with Crippen molar-refractivity contribution in [2.24, 2.45) is 0 Å². The van der Waals surface area contributed by atoms with E-state index >= 15 is 0 Å². The number of nitrogens with one attached hydrogen (secondary N) is 1. The second-order valence-corrected chi connectivity index (χ2v) is 6.68. The van der Waals surface area contributed by atoms with Gasteiger partial charge in [-0.05, 0) is 49.8 Å². The van der Waals surface area contributed by atoms with E-state index < -0.39 is 0 Å². The number of hydrogen-bond acceptors (Lipinski definition) is 4. The first kappa shape index (κ1) is 14.1. The van der Waals surface area contributed by atoms with Crippen molar-refractivity contribution in [3.8, 4) is 11.5 Å². The fourth-order valence-electron chi connectivity index (χ4n) is 3.04. The van der Waals surface area contributed by atoms with Crippen molar-refractivity contribution in [1.82, 2.24) is 5.32 Å². The molecule has 2 aliphatic heterocycles. The summed E-state index contributed by atoms with van der Waals surface area (Å²) in [6.45, 7) is 1.10. The van der Waals surface area contributed by atoms with Crippen LogP contribution in [-0.2, 0) is 0 Å². The second kappa shape index (κ2) is 6.72. The molecule has 2 fully saturated rings. The second-order valence-electron chi connectivity index (χ2n) is 5.46. The highest BCUT2D eigenvalue weighted by atomic mass is 32.2. The lowest BCUT2D eigenvalue weighted by Gasteiger charge is -2.25. The lowest BCUT2D eigenvalue weighted by Crippen LogP contribution is -2.22. The Balaban J connectivity index is 1.80. The van der Waals surface area contributed by atoms with E-state index in [1.807, 2.05) is 17.8 Å². The highest BCUT2D eigenvalue weighted by Crippen LogP contribution is 2.38. The van der Waals surface area contributed by atoms with Crippen molar-refractivity contribution < 1.29 is 9.47 Å². The maximum absolute atomic E-state index is 6.21. The molecule has 2 heterocycles. The largest absolute Gasteiger partial charge is 0.493 e. The summed E-state index contributed by atoms with van der Waals surface area (Å²) >= 11 is 2.02. The van der Waals surface area contributed by atoms with Crippen LogP contribution >= 0.6 is 11.8 Å². The molecule has 2 saturated heterocycles. The van der Waals surface area contributed by atoms with Crippen molar-refractivity contribution in [1.29, 1.82) is 0 Å². The van der Waals surface area contributed by atoms with E-state index in [1.165, 1.54) is 29.9 Å². The topological polar surface area (TPSA) is 30.5 Å². The van der Waals surface area contributed by atoms with Crippen LogP contribution in [0.4, 0.5) is 0 Å². The maximum Gasteiger partial charge on any atom is 0.165 e. The number of thioether (sulfide) groups is 1. The van der Waals surface area contributed by atoms with Gasteiger partial charge in [0, 0.05) is 11.6 Å². The van der Waals surface area contributed by atoms with Crippen molar-refractivity contribution in [3.05, 3.63) is 23.8 Å². The number of para-hydroxylation sites is 1. The highest BCUT2D eigenvalue weighted by Gasteiger charge is 2.23. The van der Waals surface area contributed by atoms with Gasteiger partial charge in [-0.3, -0.25) is 0 Å². The lowest BCUT2D eigenvalue weighted by molar-refractivity contribution is 0.184. The Bertz CT molecular complexity index is 440. The summed E-state index contributed by atoms with van der Waals surface area (Å²) < 4.78 is 11.9. The molecule has 1 N–H and O–H groups in total. The van der Waals surface area contributed by atoms with Crippen LogP contribution in [0.25, 0.3) is 0 Å². The van der Waals surface area contributed by atoms with Crippen molar-refractivity contribution in [2.75, 3.05) is 25.2 Å². The molecule has 1 unspecified atom stereocenters. The normalized spacial score (nSPS) is 23.8. The molecule has 2 aliphatic rings. The third kappa shape index (κ3) is 3.07. The Morgan fingerprint density at radius 2 is 2.05 bits per heavy atom. The zero-order chi connectivity index (χ0) is 13.8. The van der Waals surface area contributed by atoms with Gasteiger partial charge in [-0.15, -0.1) is 0 Å². The maximum atomic E-state index is 6.21. The minimum absolute atomic E-state index is 0.344. The molecule has 0 spiro atoms. The summed E-state index contributed by atoms with van der Waals surface area (Å²) in [4.78, 5) is 0. The molecule has 0 saturated carbocycles. The molecular formula is C16H23NO2S. The van der Waals surface area contributed by atoms with E-state index in [0.29, 0.717) is 12.1 Å². The first-order valence-corrected chi connectivity index (χ1v) is 8.68. The fourth-order valence-corrected chi connectivity index (χ4v) is 4.11. The van der Waals surface area contributed by atoms with E-state index in [2.05, 4.69) is 17.4 Å². The van der Waals surface area contributed by atoms with Crippen molar-refractivity contribution in [2.45, 2.75) is 37.8 Å². The number of methoxy groups -OCH3 is 1. The monoisotopic (exact) mass is 293 g/mol. The summed E-state index contributed by atoms with van der Waals surface area (Å²) in [5.74, 6) is 4.24. The Kier molecular flexibility index (Phi) is 4.73. The highest BCUT2D eigenvalue weighted by molar-refractivity contribution is 7.99. The van der Waals surface area contributed by atoms with E-state index in [4.69, 9.17) is 9.47 Å². The van der Waals surface area contributed by atoms with Gasteiger partial charge in [0.05, 0.1) is 7.11 Å². The third-order valence-electron chi connectivity index (χ3n) is 4.11. The van der Waals surface area contributed by atoms with Gasteiger partial charge in [0.15, 0.2) is 11.5 Å². The van der Waals surface area contributed by atoms with E-state index in [-0.39, 0.29) is 0 Å². The van der Waals surface area contributed by atoms with E-state index in [0.717, 1.165) is 30.9 Å². The van der Waals surface area contributed by atoms with E-state index in [1.54, 1.807) is 7.11 Å². The zero-order valence-electron chi connectivity index (χ0n) is 12.1. The van der Waals surface area contributed by atoms with Crippen LogP contribution in [0, 0.1) is 0 Å². The molecule has 0 amide bonds. The van der Waals surface area contributed by atoms with Crippen LogP contribution in [0.1, 0.15) is 37.3 Å². The molecule has 0 aromatic heterocycles. The number of rotatable bonds is 4. The first-order valence-electron chi connectivity index (χ1n) is 7.53. The smallest absolute Gasteiger partial charge is 0.165 e. The Morgan fingerprint density at radius 3 is 2.75 bits per heavy atom. The predicted molar refractivity (Wildman–Crippen MR) is 83.9 cm³/mol. The SMILES string of the molecule is COc1c(OC2CCSCC2)cccc1C1CCCN1. The Morgan fingerprint density at radius 1 is 1.20 bits per heavy atom. The summed E-state index contributed by atoms with van der Waals surface area (Å²) in [6.07, 6.45) is 5.04. The van der Waals surface area contributed by atoms with Crippen LogP contribution in [0.2, 0.25) is 0 Å². The van der Waals surface area contributed by atoms with Gasteiger partial charge in [0.25, 0.3) is 0 Å². The van der Waals surface area contributed by atoms with Crippen LogP contribution in [0.5, 0.6) is 11.5 Å². The predicted octanol–water partition coefficient (Wildman–Crippen LogP) is 3.39. The Labute approximate surface area is 125 Å². The standard InChI is InChI=1S/C16H23NO2S/c1-18-16-13(14-5-3-9-17-14)4-2-6-15(16)19-12-7-10-20-11-8-12/h2,4,6,12,14,17H,3,5,7-11H2,1H3. The number of ether oxygens (including phenoxy) is 2. The van der Waals surface area contributed by atoms with Crippen LogP contribution < -0.4 is 14.8 Å². The van der Waals surface area contributed by atoms with Gasteiger partial charge >= 0.3 is 0 Å². The van der Waals surface area contributed by atoms with Gasteiger partial charge in [-0.2, -0.15) is 11.8 Å². The quantitative estimate of drug-likeness (QED) is 0.922. The fraction of sp³-hybridized carbons (Fsp3) is 0.625. The molecule has 4 heteroatoms. The van der Waals surface area contributed by atoms with Gasteiger partial charge in [-0.25, -0.2) is 0 Å². The van der Waals surface area contributed by atoms with Gasteiger partial charge in [0.1, 0.15) is 6.10 Å². The lowest BCUT2D eigenvalue weighted by atomic mass is 10.0. The molecule has 0 aliphatic carbocycles. The Hall–Kier alpha value is -0.870. The minimum atomic E-state index is 0.344. The number of benzene rings is 1. The summed E-state index contributed by atoms with van der Waals surface area (Å²) in [7, 11) is 1.75. The molecule has 1 atom stereocenters. The third-order valence-corrected chi connectivity index (χ3v) is 5.16. The summed E-state index contributed by atoms with van der Waals surface area (Å²) in [5.41, 5.74) is 1.24. The average Bonchev–Trinajstić information content (AvgIpc) is 3.02. The van der Waals surface area contributed by atoms with Gasteiger partial charge in [-0.1, -0.05) is 12.1 Å². The molecule has 3 rings (SSSR count). The molecule has 110 valence electrons. The molecule has 20 heavy (non-hydrogen) atoms. The summed E-state index contributed by atoms with van der Waals surface area (Å²) in [6, 6.07) is 6.70. The van der Waals surface area contributed by atoms with Crippen molar-refractivity contribution >= 4 is 11.8 Å². The molecule has 3 nitrogen and oxygen atoms in total. The van der Waals surface area contributed by atoms with Gasteiger partial charge < -0.3 is 14.8 Å². The molecule has 1 aromatic carbocycles. The van der Waals surface area contributed by atoms with Crippen LogP contribution in [0.15, 0.2) is 18.2 Å². The van der Waals surface area contributed by atoms with Gasteiger partial charge in [0.2, 0.25) is 0 Å². The molecule has 0 bridgehead atoms. The molecular weight excluding hydrogens is 270 g/mol. The minimum Gasteiger partial charge on any atom is -0.493 e. The van der Waals surface area contributed by atoms with Crippen molar-refractivity contribution in [3.63, 3.8) is 0 Å². The molecule has 0 radical (unpaired) electrons.